The van der Waals surface area contributed by atoms with E-state index < -0.39 is 0 Å². The summed E-state index contributed by atoms with van der Waals surface area (Å²) in [6.45, 7) is 6.87. The fourth-order valence-corrected chi connectivity index (χ4v) is 4.06. The third-order valence-electron chi connectivity index (χ3n) is 5.65. The highest BCUT2D eigenvalue weighted by atomic mass is 16.5. The lowest BCUT2D eigenvalue weighted by atomic mass is 9.98. The number of hydrogen-bond donors (Lipinski definition) is 0. The van der Waals surface area contributed by atoms with E-state index in [0.29, 0.717) is 5.92 Å². The molecular weight excluding hydrogens is 330 g/mol. The van der Waals surface area contributed by atoms with Gasteiger partial charge in [0.1, 0.15) is 5.75 Å². The fraction of sp³-hybridized carbons (Fsp3) is 0.520. The van der Waals surface area contributed by atoms with Gasteiger partial charge in [-0.05, 0) is 62.4 Å². The maximum atomic E-state index is 6.31. The van der Waals surface area contributed by atoms with Crippen molar-refractivity contribution < 1.29 is 4.74 Å². The smallest absolute Gasteiger partial charge is 0.122 e. The second kappa shape index (κ2) is 11.1. The van der Waals surface area contributed by atoms with Crippen molar-refractivity contribution in [1.29, 1.82) is 0 Å². The second-order valence-corrected chi connectivity index (χ2v) is 7.92. The van der Waals surface area contributed by atoms with Crippen molar-refractivity contribution >= 4 is 0 Å². The van der Waals surface area contributed by atoms with Gasteiger partial charge in [0.15, 0.2) is 0 Å². The first kappa shape index (κ1) is 19.9. The van der Waals surface area contributed by atoms with Crippen LogP contribution in [0.25, 0.3) is 0 Å². The van der Waals surface area contributed by atoms with E-state index in [2.05, 4.69) is 66.4 Å². The molecule has 0 amide bonds. The molecule has 2 nitrogen and oxygen atoms in total. The minimum absolute atomic E-state index is 0.669. The van der Waals surface area contributed by atoms with E-state index in [9.17, 15) is 0 Å². The summed E-state index contributed by atoms with van der Waals surface area (Å²) >= 11 is 0. The molecule has 2 aromatic carbocycles. The Kier molecular flexibility index (Phi) is 8.23. The third-order valence-corrected chi connectivity index (χ3v) is 5.65. The van der Waals surface area contributed by atoms with Crippen molar-refractivity contribution in [2.75, 3.05) is 26.2 Å². The van der Waals surface area contributed by atoms with Crippen molar-refractivity contribution in [2.24, 2.45) is 5.92 Å². The normalized spacial score (nSPS) is 17.7. The number of nitrogens with zero attached hydrogens (tertiary/aromatic N) is 1. The van der Waals surface area contributed by atoms with E-state index in [1.807, 2.05) is 0 Å². The molecule has 2 aromatic rings. The van der Waals surface area contributed by atoms with Crippen molar-refractivity contribution in [3.63, 3.8) is 0 Å². The lowest BCUT2D eigenvalue weighted by Crippen LogP contribution is -2.38. The molecule has 1 aliphatic rings. The Morgan fingerprint density at radius 1 is 0.963 bits per heavy atom. The van der Waals surface area contributed by atoms with Crippen LogP contribution in [-0.2, 0) is 12.8 Å². The summed E-state index contributed by atoms with van der Waals surface area (Å²) in [6, 6.07) is 19.3. The molecule has 0 bridgehead atoms. The Morgan fingerprint density at radius 2 is 1.78 bits per heavy atom. The van der Waals surface area contributed by atoms with Gasteiger partial charge in [-0.25, -0.2) is 0 Å². The number of piperidine rings is 1. The predicted octanol–water partition coefficient (Wildman–Crippen LogP) is 5.75. The highest BCUT2D eigenvalue weighted by Crippen LogP contribution is 2.23. The maximum absolute atomic E-state index is 6.31. The Labute approximate surface area is 165 Å². The largest absolute Gasteiger partial charge is 0.493 e. The predicted molar refractivity (Wildman–Crippen MR) is 114 cm³/mol. The molecule has 0 aromatic heterocycles. The number of rotatable bonds is 10. The average Bonchev–Trinajstić information content (AvgIpc) is 2.73. The lowest BCUT2D eigenvalue weighted by Gasteiger charge is -2.32. The molecule has 27 heavy (non-hydrogen) atoms. The molecule has 0 radical (unpaired) electrons. The number of likely N-dealkylation sites (tertiary alicyclic amines) is 1. The van der Waals surface area contributed by atoms with Crippen LogP contribution in [0.1, 0.15) is 50.2 Å². The minimum atomic E-state index is 0.669. The topological polar surface area (TPSA) is 12.5 Å². The first-order valence-corrected chi connectivity index (χ1v) is 10.8. The number of ether oxygens (including phenoxy) is 1. The van der Waals surface area contributed by atoms with Crippen LogP contribution in [0, 0.1) is 5.92 Å². The number of hydrogen-bond acceptors (Lipinski definition) is 2. The molecule has 3 rings (SSSR count). The van der Waals surface area contributed by atoms with Crippen LogP contribution in [-0.4, -0.2) is 31.1 Å². The molecule has 146 valence electrons. The summed E-state index contributed by atoms with van der Waals surface area (Å²) < 4.78 is 6.31. The highest BCUT2D eigenvalue weighted by Gasteiger charge is 2.20. The molecule has 2 heteroatoms. The van der Waals surface area contributed by atoms with Gasteiger partial charge in [0, 0.05) is 12.5 Å². The molecular formula is C25H35NO. The molecule has 0 N–H and O–H groups in total. The van der Waals surface area contributed by atoms with Crippen LogP contribution >= 0.6 is 0 Å². The van der Waals surface area contributed by atoms with E-state index >= 15 is 0 Å². The first-order chi connectivity index (χ1) is 13.3. The summed E-state index contributed by atoms with van der Waals surface area (Å²) in [6.07, 6.45) is 8.72. The van der Waals surface area contributed by atoms with Gasteiger partial charge >= 0.3 is 0 Å². The number of unbranched alkanes of at least 4 members (excludes halogenated alkanes) is 2. The SMILES string of the molecule is CCCCCN1CCCC(COc2ccccc2CCc2ccccc2)C1. The molecule has 1 saturated heterocycles. The van der Waals surface area contributed by atoms with E-state index in [1.165, 1.54) is 62.9 Å². The minimum Gasteiger partial charge on any atom is -0.493 e. The van der Waals surface area contributed by atoms with Crippen LogP contribution in [0.2, 0.25) is 0 Å². The van der Waals surface area contributed by atoms with Crippen molar-refractivity contribution in [2.45, 2.75) is 51.9 Å². The van der Waals surface area contributed by atoms with Gasteiger partial charge in [-0.15, -0.1) is 0 Å². The van der Waals surface area contributed by atoms with E-state index in [-0.39, 0.29) is 0 Å². The quantitative estimate of drug-likeness (QED) is 0.497. The first-order valence-electron chi connectivity index (χ1n) is 10.8. The van der Waals surface area contributed by atoms with Crippen molar-refractivity contribution in [3.05, 3.63) is 65.7 Å². The number of para-hydroxylation sites is 1. The fourth-order valence-electron chi connectivity index (χ4n) is 4.06. The standard InChI is InChI=1S/C25H35NO/c1-2-3-9-18-26-19-10-13-23(20-26)21-27-25-15-8-7-14-24(25)17-16-22-11-5-4-6-12-22/h4-8,11-12,14-15,23H,2-3,9-10,13,16-21H2,1H3. The third kappa shape index (κ3) is 6.70. The van der Waals surface area contributed by atoms with Crippen molar-refractivity contribution in [1.82, 2.24) is 4.90 Å². The highest BCUT2D eigenvalue weighted by molar-refractivity contribution is 5.34. The molecule has 1 unspecified atom stereocenters. The average molecular weight is 366 g/mol. The summed E-state index contributed by atoms with van der Waals surface area (Å²) in [4.78, 5) is 2.65. The number of benzene rings is 2. The van der Waals surface area contributed by atoms with E-state index in [4.69, 9.17) is 4.74 Å². The van der Waals surface area contributed by atoms with Crippen LogP contribution in [0.3, 0.4) is 0 Å². The van der Waals surface area contributed by atoms with Crippen LogP contribution in [0.5, 0.6) is 5.75 Å². The van der Waals surface area contributed by atoms with E-state index in [1.54, 1.807) is 0 Å². The summed E-state index contributed by atoms with van der Waals surface area (Å²) in [7, 11) is 0. The van der Waals surface area contributed by atoms with Crippen LogP contribution in [0.15, 0.2) is 54.6 Å². The summed E-state index contributed by atoms with van der Waals surface area (Å²) in [5.74, 6) is 1.75. The van der Waals surface area contributed by atoms with Gasteiger partial charge < -0.3 is 9.64 Å². The zero-order valence-corrected chi connectivity index (χ0v) is 16.9. The van der Waals surface area contributed by atoms with E-state index in [0.717, 1.165) is 25.2 Å². The molecule has 0 saturated carbocycles. The Hall–Kier alpha value is -1.80. The summed E-state index contributed by atoms with van der Waals surface area (Å²) in [5, 5.41) is 0. The summed E-state index contributed by atoms with van der Waals surface area (Å²) in [5.41, 5.74) is 2.72. The number of aryl methyl sites for hydroxylation is 2. The maximum Gasteiger partial charge on any atom is 0.122 e. The Balaban J connectivity index is 1.49. The molecule has 1 fully saturated rings. The monoisotopic (exact) mass is 365 g/mol. The van der Waals surface area contributed by atoms with Gasteiger partial charge in [-0.3, -0.25) is 0 Å². The van der Waals surface area contributed by atoms with Gasteiger partial charge in [-0.1, -0.05) is 68.3 Å². The van der Waals surface area contributed by atoms with Gasteiger partial charge in [-0.2, -0.15) is 0 Å². The molecule has 1 aliphatic heterocycles. The molecule has 0 aliphatic carbocycles. The van der Waals surface area contributed by atoms with Gasteiger partial charge in [0.25, 0.3) is 0 Å². The zero-order valence-electron chi connectivity index (χ0n) is 16.9. The second-order valence-electron chi connectivity index (χ2n) is 7.92. The van der Waals surface area contributed by atoms with Gasteiger partial charge in [0.2, 0.25) is 0 Å². The lowest BCUT2D eigenvalue weighted by molar-refractivity contribution is 0.128. The Morgan fingerprint density at radius 3 is 2.63 bits per heavy atom. The van der Waals surface area contributed by atoms with Crippen molar-refractivity contribution in [3.8, 4) is 5.75 Å². The van der Waals surface area contributed by atoms with Crippen LogP contribution < -0.4 is 4.74 Å². The molecule has 0 spiro atoms. The molecule has 1 heterocycles. The van der Waals surface area contributed by atoms with Gasteiger partial charge in [0.05, 0.1) is 6.61 Å². The Bertz CT molecular complexity index is 654. The van der Waals surface area contributed by atoms with Crippen LogP contribution in [0.4, 0.5) is 0 Å². The zero-order chi connectivity index (χ0) is 18.7. The molecule has 1 atom stereocenters.